The van der Waals surface area contributed by atoms with Gasteiger partial charge in [-0.05, 0) is 36.8 Å². The van der Waals surface area contributed by atoms with Crippen molar-refractivity contribution in [1.29, 1.82) is 0 Å². The molecule has 0 aliphatic carbocycles. The quantitative estimate of drug-likeness (QED) is 0.489. The fraction of sp³-hybridized carbons (Fsp3) is 0.143. The molecule has 0 fully saturated rings. The molecule has 0 radical (unpaired) electrons. The van der Waals surface area contributed by atoms with Crippen LogP contribution in [-0.2, 0) is 10.0 Å². The van der Waals surface area contributed by atoms with Gasteiger partial charge in [0.2, 0.25) is 10.0 Å². The molecule has 4 rings (SSSR count). The number of rotatable bonds is 6. The van der Waals surface area contributed by atoms with Crippen molar-refractivity contribution in [2.45, 2.75) is 6.92 Å². The zero-order chi connectivity index (χ0) is 21.3. The molecule has 2 aromatic heterocycles. The predicted octanol–water partition coefficient (Wildman–Crippen LogP) is 3.83. The summed E-state index contributed by atoms with van der Waals surface area (Å²) in [6.45, 7) is 1.84. The molecule has 0 aliphatic heterocycles. The highest BCUT2D eigenvalue weighted by molar-refractivity contribution is 7.92. The second kappa shape index (κ2) is 7.68. The number of aromatic nitrogens is 3. The molecule has 30 heavy (non-hydrogen) atoms. The zero-order valence-electron chi connectivity index (χ0n) is 16.7. The van der Waals surface area contributed by atoms with Crippen molar-refractivity contribution < 1.29 is 13.2 Å². The molecule has 0 saturated heterocycles. The third-order valence-corrected chi connectivity index (χ3v) is 5.16. The number of aryl methyl sites for hydroxylation is 1. The van der Waals surface area contributed by atoms with Crippen molar-refractivity contribution in [1.82, 2.24) is 14.6 Å². The number of sulfonamides is 1. The van der Waals surface area contributed by atoms with Gasteiger partial charge in [0.15, 0.2) is 5.65 Å². The first-order valence-electron chi connectivity index (χ1n) is 9.17. The van der Waals surface area contributed by atoms with Gasteiger partial charge < -0.3 is 10.1 Å². The minimum atomic E-state index is -3.37. The maximum absolute atomic E-state index is 11.6. The third kappa shape index (κ3) is 4.06. The first kappa shape index (κ1) is 19.7. The Morgan fingerprint density at radius 2 is 1.87 bits per heavy atom. The van der Waals surface area contributed by atoms with E-state index in [1.807, 2.05) is 49.5 Å². The lowest BCUT2D eigenvalue weighted by Crippen LogP contribution is -2.10. The summed E-state index contributed by atoms with van der Waals surface area (Å²) in [5.74, 6) is 1.34. The summed E-state index contributed by atoms with van der Waals surface area (Å²) < 4.78 is 32.9. The van der Waals surface area contributed by atoms with Gasteiger partial charge in [0, 0.05) is 17.4 Å². The van der Waals surface area contributed by atoms with Crippen LogP contribution in [0.5, 0.6) is 5.75 Å². The first-order valence-corrected chi connectivity index (χ1v) is 11.1. The molecule has 0 amide bonds. The summed E-state index contributed by atoms with van der Waals surface area (Å²) >= 11 is 0. The normalized spacial score (nSPS) is 11.4. The molecule has 2 aromatic carbocycles. The van der Waals surface area contributed by atoms with Crippen molar-refractivity contribution in [2.75, 3.05) is 23.4 Å². The monoisotopic (exact) mass is 423 g/mol. The maximum Gasteiger partial charge on any atom is 0.229 e. The highest BCUT2D eigenvalue weighted by Crippen LogP contribution is 2.32. The van der Waals surface area contributed by atoms with Gasteiger partial charge >= 0.3 is 0 Å². The number of anilines is 3. The van der Waals surface area contributed by atoms with Gasteiger partial charge in [0.05, 0.1) is 30.8 Å². The minimum absolute atomic E-state index is 0.516. The molecular formula is C21H21N5O3S. The number of hydrogen-bond acceptors (Lipinski definition) is 6. The predicted molar refractivity (Wildman–Crippen MR) is 118 cm³/mol. The third-order valence-electron chi connectivity index (χ3n) is 4.57. The highest BCUT2D eigenvalue weighted by Gasteiger charge is 2.13. The Hall–Kier alpha value is -3.59. The zero-order valence-corrected chi connectivity index (χ0v) is 17.6. The van der Waals surface area contributed by atoms with E-state index < -0.39 is 10.0 Å². The van der Waals surface area contributed by atoms with Crippen LogP contribution in [-0.4, -0.2) is 36.4 Å². The van der Waals surface area contributed by atoms with Gasteiger partial charge in [-0.15, -0.1) is 0 Å². The van der Waals surface area contributed by atoms with Gasteiger partial charge in [-0.2, -0.15) is 5.10 Å². The number of ether oxygens (including phenoxy) is 1. The number of benzene rings is 2. The van der Waals surface area contributed by atoms with Crippen LogP contribution >= 0.6 is 0 Å². The van der Waals surface area contributed by atoms with Crippen LogP contribution in [0, 0.1) is 6.92 Å². The first-order chi connectivity index (χ1) is 14.3. The topological polar surface area (TPSA) is 97.6 Å². The van der Waals surface area contributed by atoms with Crippen molar-refractivity contribution in [2.24, 2.45) is 0 Å². The van der Waals surface area contributed by atoms with Crippen LogP contribution < -0.4 is 14.8 Å². The molecule has 0 atom stereocenters. The van der Waals surface area contributed by atoms with E-state index in [4.69, 9.17) is 9.72 Å². The van der Waals surface area contributed by atoms with E-state index in [1.165, 1.54) is 0 Å². The summed E-state index contributed by atoms with van der Waals surface area (Å²) in [5.41, 5.74) is 4.47. The molecule has 9 heteroatoms. The van der Waals surface area contributed by atoms with Gasteiger partial charge in [-0.25, -0.2) is 17.9 Å². The highest BCUT2D eigenvalue weighted by atomic mass is 32.2. The van der Waals surface area contributed by atoms with Gasteiger partial charge in [-0.1, -0.05) is 24.3 Å². The Bertz CT molecular complexity index is 1330. The molecular weight excluding hydrogens is 402 g/mol. The Morgan fingerprint density at radius 1 is 1.07 bits per heavy atom. The van der Waals surface area contributed by atoms with Gasteiger partial charge in [0.1, 0.15) is 11.6 Å². The lowest BCUT2D eigenvalue weighted by molar-refractivity contribution is 0.416. The number of methoxy groups -OCH3 is 1. The lowest BCUT2D eigenvalue weighted by atomic mass is 10.1. The molecule has 0 aliphatic rings. The van der Waals surface area contributed by atoms with Crippen molar-refractivity contribution in [3.63, 3.8) is 0 Å². The summed E-state index contributed by atoms with van der Waals surface area (Å²) in [5, 5.41) is 7.61. The van der Waals surface area contributed by atoms with E-state index in [0.717, 1.165) is 28.7 Å². The van der Waals surface area contributed by atoms with E-state index in [0.29, 0.717) is 22.8 Å². The summed E-state index contributed by atoms with van der Waals surface area (Å²) in [6.07, 6.45) is 4.69. The minimum Gasteiger partial charge on any atom is -0.496 e. The molecule has 2 N–H and O–H groups in total. The van der Waals surface area contributed by atoms with Crippen LogP contribution in [0.1, 0.15) is 5.56 Å². The van der Waals surface area contributed by atoms with E-state index >= 15 is 0 Å². The molecule has 0 saturated carbocycles. The molecule has 0 bridgehead atoms. The number of hydrogen-bond donors (Lipinski definition) is 2. The average Bonchev–Trinajstić information content (AvgIpc) is 3.12. The Balaban J connectivity index is 1.71. The maximum atomic E-state index is 11.6. The molecule has 154 valence electrons. The number of fused-ring (bicyclic) bond motifs is 1. The fourth-order valence-corrected chi connectivity index (χ4v) is 3.77. The van der Waals surface area contributed by atoms with E-state index in [1.54, 1.807) is 30.0 Å². The summed E-state index contributed by atoms with van der Waals surface area (Å²) in [4.78, 5) is 4.70. The average molecular weight is 423 g/mol. The number of nitrogens with zero attached hydrogens (tertiary/aromatic N) is 3. The van der Waals surface area contributed by atoms with E-state index in [-0.39, 0.29) is 0 Å². The van der Waals surface area contributed by atoms with Crippen LogP contribution in [0.15, 0.2) is 60.9 Å². The second-order valence-electron chi connectivity index (χ2n) is 6.87. The van der Waals surface area contributed by atoms with Crippen LogP contribution in [0.3, 0.4) is 0 Å². The fourth-order valence-electron chi connectivity index (χ4n) is 3.15. The smallest absolute Gasteiger partial charge is 0.229 e. The van der Waals surface area contributed by atoms with Crippen LogP contribution in [0.25, 0.3) is 16.8 Å². The summed E-state index contributed by atoms with van der Waals surface area (Å²) in [6, 6.07) is 14.9. The van der Waals surface area contributed by atoms with E-state index in [2.05, 4.69) is 15.1 Å². The standard InChI is InChI=1S/C21H21N5O3S/c1-14-8-9-15(12-18(14)25-30(3,27)28)23-20-10-11-26-21(24-20)17(13-22-26)16-6-4-5-7-19(16)29-2/h4-13,25H,1-3H3,(H,23,24). The Labute approximate surface area is 174 Å². The van der Waals surface area contributed by atoms with Crippen molar-refractivity contribution >= 4 is 32.9 Å². The largest absolute Gasteiger partial charge is 0.496 e. The van der Waals surface area contributed by atoms with Crippen LogP contribution in [0.4, 0.5) is 17.2 Å². The lowest BCUT2D eigenvalue weighted by Gasteiger charge is -2.12. The summed E-state index contributed by atoms with van der Waals surface area (Å²) in [7, 11) is -1.74. The number of nitrogens with one attached hydrogen (secondary N) is 2. The molecule has 8 nitrogen and oxygen atoms in total. The van der Waals surface area contributed by atoms with Gasteiger partial charge in [-0.3, -0.25) is 4.72 Å². The van der Waals surface area contributed by atoms with Crippen LogP contribution in [0.2, 0.25) is 0 Å². The molecule has 0 unspecified atom stereocenters. The Morgan fingerprint density at radius 3 is 2.63 bits per heavy atom. The molecule has 4 aromatic rings. The SMILES string of the molecule is COc1ccccc1-c1cnn2ccc(Nc3ccc(C)c(NS(C)(=O)=O)c3)nc12. The molecule has 2 heterocycles. The van der Waals surface area contributed by atoms with E-state index in [9.17, 15) is 8.42 Å². The van der Waals surface area contributed by atoms with Crippen molar-refractivity contribution in [3.05, 3.63) is 66.5 Å². The van der Waals surface area contributed by atoms with Gasteiger partial charge in [0.25, 0.3) is 0 Å². The van der Waals surface area contributed by atoms with Crippen molar-refractivity contribution in [3.8, 4) is 16.9 Å². The Kier molecular flexibility index (Phi) is 5.04. The second-order valence-corrected chi connectivity index (χ2v) is 8.62. The molecule has 0 spiro atoms. The number of para-hydroxylation sites is 1.